The Bertz CT molecular complexity index is 966. The van der Waals surface area contributed by atoms with E-state index in [1.165, 1.54) is 27.8 Å². The molecule has 0 heterocycles. The molecule has 0 aliphatic heterocycles. The molecule has 0 N–H and O–H groups in total. The van der Waals surface area contributed by atoms with E-state index in [1.807, 2.05) is 0 Å². The molecule has 137 valence electrons. The molecule has 0 amide bonds. The number of hydrogen-bond acceptors (Lipinski definition) is 0. The number of hydrogen-bond donors (Lipinski definition) is 0. The fourth-order valence-corrected chi connectivity index (χ4v) is 9.58. The van der Waals surface area contributed by atoms with Crippen molar-refractivity contribution in [2.75, 3.05) is 0 Å². The predicted octanol–water partition coefficient (Wildman–Crippen LogP) is 6.36. The third-order valence-electron chi connectivity index (χ3n) is 5.42. The third-order valence-corrected chi connectivity index (χ3v) is 10.5. The maximum Gasteiger partial charge on any atom is -0.147 e. The van der Waals surface area contributed by atoms with Crippen LogP contribution in [0.4, 0.5) is 0 Å². The van der Waals surface area contributed by atoms with Crippen LogP contribution in [0.25, 0.3) is 16.7 Å². The van der Waals surface area contributed by atoms with Crippen molar-refractivity contribution >= 4 is 38.0 Å². The Kier molecular flexibility index (Phi) is 6.53. The molecule has 0 saturated heterocycles. The van der Waals surface area contributed by atoms with Gasteiger partial charge in [0.15, 0.2) is 0 Å². The number of aryl methyl sites for hydroxylation is 2. The van der Waals surface area contributed by atoms with E-state index < -0.39 is 15.3 Å². The monoisotopic (exact) mass is 437 g/mol. The van der Waals surface area contributed by atoms with E-state index in [9.17, 15) is 0 Å². The molecule has 2 aliphatic rings. The van der Waals surface area contributed by atoms with Gasteiger partial charge < -0.3 is 0 Å². The quantitative estimate of drug-likeness (QED) is 0.479. The minimum absolute atomic E-state index is 0. The van der Waals surface area contributed by atoms with Crippen LogP contribution in [0.1, 0.15) is 38.5 Å². The first kappa shape index (κ1) is 21.7. The molecule has 2 aliphatic carbocycles. The van der Waals surface area contributed by atoms with Gasteiger partial charge in [-0.25, -0.2) is 0 Å². The van der Waals surface area contributed by atoms with E-state index in [0.717, 1.165) is 6.42 Å². The van der Waals surface area contributed by atoms with Crippen LogP contribution in [0.3, 0.4) is 0 Å². The zero-order valence-corrected chi connectivity index (χ0v) is 20.5. The summed E-state index contributed by atoms with van der Waals surface area (Å²) in [7, 11) is 2.33. The van der Waals surface area contributed by atoms with Crippen molar-refractivity contribution in [3.8, 4) is 11.1 Å². The third kappa shape index (κ3) is 3.45. The molecule has 0 saturated carbocycles. The van der Waals surface area contributed by atoms with Crippen molar-refractivity contribution in [1.29, 1.82) is 0 Å². The summed E-state index contributed by atoms with van der Waals surface area (Å²) in [5, 5.41) is 5.16. The molecule has 2 aromatic rings. The van der Waals surface area contributed by atoms with Crippen LogP contribution in [0.5, 0.6) is 0 Å². The van der Waals surface area contributed by atoms with Gasteiger partial charge in [0.25, 0.3) is 0 Å². The number of halogens is 2. The standard InChI is InChI=1S/C20H17.2CH3.2ClH.H2Si.Ti/c1-13-7-9-17-16(11-13)12-19-18(17)10-8-14(2)20(19)15-5-3-4-6-15;;;;;;/h3-5,7-12H,6H2,1-2H3;2*1H3;2*1H;1H2;. The van der Waals surface area contributed by atoms with Crippen molar-refractivity contribution < 1.29 is 15.3 Å². The molecule has 2 aromatic carbocycles. The molecular formula is C22H27Cl2SiTi. The topological polar surface area (TPSA) is 0 Å². The van der Waals surface area contributed by atoms with E-state index in [2.05, 4.69) is 80.5 Å². The van der Waals surface area contributed by atoms with Gasteiger partial charge in [0.1, 0.15) is 0 Å². The minimum Gasteiger partial charge on any atom is -0.147 e. The SMILES string of the molecule is Cc1ccc2c(c1)[CH]([Ti]([CH3])([CH3])=[SiH2])c1c-2ccc(C)c1C1=CC=CC1.Cl.Cl. The van der Waals surface area contributed by atoms with Crippen molar-refractivity contribution in [1.82, 2.24) is 0 Å². The summed E-state index contributed by atoms with van der Waals surface area (Å²) in [6, 6.07) is 11.8. The zero-order chi connectivity index (χ0) is 17.1. The van der Waals surface area contributed by atoms with Gasteiger partial charge in [-0.2, -0.15) is 0 Å². The van der Waals surface area contributed by atoms with Crippen molar-refractivity contribution in [3.05, 3.63) is 76.4 Å². The largest absolute Gasteiger partial charge is 0.147 e. The van der Waals surface area contributed by atoms with Crippen LogP contribution < -0.4 is 0 Å². The van der Waals surface area contributed by atoms with Gasteiger partial charge >= 0.3 is 151 Å². The normalized spacial score (nSPS) is 17.1. The Morgan fingerprint density at radius 1 is 1.00 bits per heavy atom. The van der Waals surface area contributed by atoms with Gasteiger partial charge in [-0.15, -0.1) is 24.8 Å². The number of allylic oxidation sites excluding steroid dienone is 4. The summed E-state index contributed by atoms with van der Waals surface area (Å²) in [5.41, 5.74) is 12.1. The maximum absolute atomic E-state index is 2.58. The van der Waals surface area contributed by atoms with E-state index in [-0.39, 0.29) is 24.8 Å². The van der Waals surface area contributed by atoms with Gasteiger partial charge in [0.2, 0.25) is 0 Å². The molecule has 0 fully saturated rings. The second kappa shape index (κ2) is 7.81. The predicted molar refractivity (Wildman–Crippen MR) is 120 cm³/mol. The first-order valence-corrected chi connectivity index (χ1v) is 16.9. The van der Waals surface area contributed by atoms with Crippen LogP contribution in [0, 0.1) is 13.8 Å². The molecule has 4 rings (SSSR count). The molecule has 1 atom stereocenters. The van der Waals surface area contributed by atoms with Crippen molar-refractivity contribution in [3.63, 3.8) is 0 Å². The number of fused-ring (bicyclic) bond motifs is 3. The Hall–Kier alpha value is -0.569. The summed E-state index contributed by atoms with van der Waals surface area (Å²) >= 11 is -1.93. The summed E-state index contributed by atoms with van der Waals surface area (Å²) in [6.45, 7) is 4.52. The molecule has 0 bridgehead atoms. The van der Waals surface area contributed by atoms with Gasteiger partial charge in [0.05, 0.1) is 0 Å². The molecule has 26 heavy (non-hydrogen) atoms. The zero-order valence-electron chi connectivity index (χ0n) is 15.9. The minimum atomic E-state index is -1.93. The summed E-state index contributed by atoms with van der Waals surface area (Å²) in [5.74, 6) is 0. The van der Waals surface area contributed by atoms with Crippen LogP contribution in [-0.2, 0) is 15.3 Å². The van der Waals surface area contributed by atoms with E-state index in [1.54, 1.807) is 16.7 Å². The van der Waals surface area contributed by atoms with E-state index in [4.69, 9.17) is 0 Å². The molecule has 4 heteroatoms. The smallest absolute Gasteiger partial charge is 0.147 e. The van der Waals surface area contributed by atoms with Gasteiger partial charge in [-0.05, 0) is 0 Å². The second-order valence-electron chi connectivity index (χ2n) is 8.06. The van der Waals surface area contributed by atoms with Crippen molar-refractivity contribution in [2.45, 2.75) is 34.9 Å². The summed E-state index contributed by atoms with van der Waals surface area (Å²) in [4.78, 5) is 0. The van der Waals surface area contributed by atoms with Crippen LogP contribution in [0.15, 0.2) is 48.6 Å². The first-order chi connectivity index (χ1) is 11.4. The average molecular weight is 438 g/mol. The molecule has 0 radical (unpaired) electrons. The average Bonchev–Trinajstić information content (AvgIpc) is 3.11. The Labute approximate surface area is 175 Å². The van der Waals surface area contributed by atoms with Gasteiger partial charge in [0, 0.05) is 0 Å². The second-order valence-corrected chi connectivity index (χ2v) is 22.7. The Morgan fingerprint density at radius 3 is 2.31 bits per heavy atom. The maximum atomic E-state index is 2.58. The van der Waals surface area contributed by atoms with E-state index in [0.29, 0.717) is 4.22 Å². The summed E-state index contributed by atoms with van der Waals surface area (Å²) in [6.07, 6.45) is 7.91. The Morgan fingerprint density at radius 2 is 1.69 bits per heavy atom. The Balaban J connectivity index is 0.00000121. The van der Waals surface area contributed by atoms with Gasteiger partial charge in [-0.3, -0.25) is 0 Å². The molecule has 0 spiro atoms. The fraction of sp³-hybridized carbons (Fsp3) is 0.273. The molecule has 0 aromatic heterocycles. The van der Waals surface area contributed by atoms with E-state index >= 15 is 0 Å². The molecule has 1 unspecified atom stereocenters. The van der Waals surface area contributed by atoms with Crippen molar-refractivity contribution in [2.24, 2.45) is 0 Å². The first-order valence-electron chi connectivity index (χ1n) is 8.84. The van der Waals surface area contributed by atoms with Gasteiger partial charge in [-0.1, -0.05) is 0 Å². The number of benzene rings is 2. The number of rotatable bonds is 2. The molecule has 0 nitrogen and oxygen atoms in total. The van der Waals surface area contributed by atoms with Crippen LogP contribution >= 0.6 is 24.8 Å². The van der Waals surface area contributed by atoms with Crippen LogP contribution in [0.2, 0.25) is 10.5 Å². The summed E-state index contributed by atoms with van der Waals surface area (Å²) < 4.78 is 0.657. The molecular weight excluding hydrogens is 411 g/mol. The fourth-order valence-electron chi connectivity index (χ4n) is 4.46. The van der Waals surface area contributed by atoms with Crippen LogP contribution in [-0.4, -0.2) is 7.63 Å².